The number of thioether (sulfide) groups is 1. The van der Waals surface area contributed by atoms with Gasteiger partial charge in [0, 0.05) is 41.5 Å². The number of aryl methyl sites for hydroxylation is 1. The van der Waals surface area contributed by atoms with Gasteiger partial charge in [0.15, 0.2) is 0 Å². The molecule has 0 aromatic carbocycles. The molecule has 0 saturated carbocycles. The summed E-state index contributed by atoms with van der Waals surface area (Å²) < 4.78 is 0.305. The van der Waals surface area contributed by atoms with Crippen LogP contribution >= 0.6 is 11.8 Å². The number of nitrogens with zero attached hydrogens (tertiary/aromatic N) is 2. The van der Waals surface area contributed by atoms with Crippen molar-refractivity contribution < 1.29 is 0 Å². The van der Waals surface area contributed by atoms with Crippen molar-refractivity contribution in [3.63, 3.8) is 0 Å². The van der Waals surface area contributed by atoms with Crippen molar-refractivity contribution in [2.45, 2.75) is 25.5 Å². The average molecular weight is 237 g/mol. The van der Waals surface area contributed by atoms with Crippen LogP contribution in [0.25, 0.3) is 0 Å². The van der Waals surface area contributed by atoms with Gasteiger partial charge in [0.2, 0.25) is 0 Å². The lowest BCUT2D eigenvalue weighted by molar-refractivity contribution is 0.642. The molecule has 0 spiro atoms. The van der Waals surface area contributed by atoms with Crippen molar-refractivity contribution in [2.75, 3.05) is 29.5 Å². The highest BCUT2D eigenvalue weighted by molar-refractivity contribution is 8.00. The molecule has 2 heterocycles. The topological polar surface area (TPSA) is 42.2 Å². The molecular formula is C12H19N3S. The molecule has 88 valence electrons. The second-order valence-electron chi connectivity index (χ2n) is 4.93. The number of nitrogen functional groups attached to an aromatic ring is 1. The Hall–Kier alpha value is -0.900. The minimum atomic E-state index is 0.305. The van der Waals surface area contributed by atoms with Crippen molar-refractivity contribution in [3.8, 4) is 0 Å². The van der Waals surface area contributed by atoms with Gasteiger partial charge in [-0.2, -0.15) is 11.8 Å². The second-order valence-corrected chi connectivity index (χ2v) is 6.73. The van der Waals surface area contributed by atoms with Crippen LogP contribution < -0.4 is 10.6 Å². The summed E-state index contributed by atoms with van der Waals surface area (Å²) in [6.07, 6.45) is 1.86. The van der Waals surface area contributed by atoms with Gasteiger partial charge in [-0.3, -0.25) is 0 Å². The Labute approximate surface area is 101 Å². The number of pyridine rings is 1. The minimum absolute atomic E-state index is 0.305. The molecule has 1 aliphatic rings. The summed E-state index contributed by atoms with van der Waals surface area (Å²) in [5, 5.41) is 0. The molecule has 4 heteroatoms. The summed E-state index contributed by atoms with van der Waals surface area (Å²) in [4.78, 5) is 6.79. The van der Waals surface area contributed by atoms with Gasteiger partial charge in [-0.15, -0.1) is 0 Å². The average Bonchev–Trinajstić information content (AvgIpc) is 2.20. The zero-order valence-corrected chi connectivity index (χ0v) is 11.0. The molecule has 2 N–H and O–H groups in total. The van der Waals surface area contributed by atoms with E-state index in [4.69, 9.17) is 5.73 Å². The third-order valence-corrected chi connectivity index (χ3v) is 4.18. The van der Waals surface area contributed by atoms with Crippen molar-refractivity contribution >= 4 is 23.3 Å². The van der Waals surface area contributed by atoms with Crippen LogP contribution in [-0.2, 0) is 0 Å². The molecule has 1 aromatic heterocycles. The summed E-state index contributed by atoms with van der Waals surface area (Å²) in [6, 6.07) is 1.99. The molecule has 1 fully saturated rings. The van der Waals surface area contributed by atoms with E-state index in [1.165, 1.54) is 0 Å². The van der Waals surface area contributed by atoms with Crippen LogP contribution in [0.5, 0.6) is 0 Å². The zero-order chi connectivity index (χ0) is 11.8. The van der Waals surface area contributed by atoms with Gasteiger partial charge in [0.05, 0.1) is 0 Å². The van der Waals surface area contributed by atoms with Crippen LogP contribution in [0.1, 0.15) is 19.4 Å². The standard InChI is InChI=1S/C12H19N3S/c1-9-7-14-11(6-10(9)13)15-4-5-16-12(2,3)8-15/h6-7H,4-5,8H2,1-3H3,(H2,13,14). The first-order chi connectivity index (χ1) is 7.48. The highest BCUT2D eigenvalue weighted by Gasteiger charge is 2.27. The van der Waals surface area contributed by atoms with Crippen LogP contribution in [0.4, 0.5) is 11.5 Å². The lowest BCUT2D eigenvalue weighted by Crippen LogP contribution is -2.43. The number of hydrogen-bond donors (Lipinski definition) is 1. The van der Waals surface area contributed by atoms with E-state index in [0.29, 0.717) is 4.75 Å². The van der Waals surface area contributed by atoms with Crippen molar-refractivity contribution in [1.82, 2.24) is 4.98 Å². The van der Waals surface area contributed by atoms with Gasteiger partial charge in [-0.25, -0.2) is 4.98 Å². The van der Waals surface area contributed by atoms with Gasteiger partial charge in [-0.1, -0.05) is 0 Å². The van der Waals surface area contributed by atoms with Gasteiger partial charge >= 0.3 is 0 Å². The first-order valence-corrected chi connectivity index (χ1v) is 6.57. The maximum atomic E-state index is 5.92. The Morgan fingerprint density at radius 2 is 2.25 bits per heavy atom. The summed E-state index contributed by atoms with van der Waals surface area (Å²) in [6.45, 7) is 8.64. The molecule has 2 rings (SSSR count). The van der Waals surface area contributed by atoms with E-state index in [9.17, 15) is 0 Å². The van der Waals surface area contributed by atoms with E-state index in [2.05, 4.69) is 23.7 Å². The highest BCUT2D eigenvalue weighted by atomic mass is 32.2. The zero-order valence-electron chi connectivity index (χ0n) is 10.2. The lowest BCUT2D eigenvalue weighted by Gasteiger charge is -2.38. The maximum absolute atomic E-state index is 5.92. The fourth-order valence-electron chi connectivity index (χ4n) is 1.91. The second kappa shape index (κ2) is 4.17. The number of hydrogen-bond acceptors (Lipinski definition) is 4. The molecule has 0 unspecified atom stereocenters. The summed E-state index contributed by atoms with van der Waals surface area (Å²) in [5.74, 6) is 2.17. The van der Waals surface area contributed by atoms with Crippen LogP contribution in [0.2, 0.25) is 0 Å². The minimum Gasteiger partial charge on any atom is -0.398 e. The number of anilines is 2. The molecule has 0 bridgehead atoms. The van der Waals surface area contributed by atoms with Crippen LogP contribution in [0.3, 0.4) is 0 Å². The molecule has 1 aliphatic heterocycles. The Bertz CT molecular complexity index is 390. The first kappa shape index (κ1) is 11.6. The van der Waals surface area contributed by atoms with Crippen molar-refractivity contribution in [1.29, 1.82) is 0 Å². The lowest BCUT2D eigenvalue weighted by atomic mass is 10.1. The van der Waals surface area contributed by atoms with E-state index in [-0.39, 0.29) is 0 Å². The van der Waals surface area contributed by atoms with E-state index < -0.39 is 0 Å². The monoisotopic (exact) mass is 237 g/mol. The van der Waals surface area contributed by atoms with Crippen LogP contribution in [0.15, 0.2) is 12.3 Å². The van der Waals surface area contributed by atoms with Crippen molar-refractivity contribution in [2.24, 2.45) is 0 Å². The maximum Gasteiger partial charge on any atom is 0.130 e. The van der Waals surface area contributed by atoms with E-state index >= 15 is 0 Å². The molecule has 1 aromatic rings. The Balaban J connectivity index is 2.20. The summed E-state index contributed by atoms with van der Waals surface area (Å²) in [5.41, 5.74) is 7.81. The van der Waals surface area contributed by atoms with Crippen LogP contribution in [-0.4, -0.2) is 28.6 Å². The predicted molar refractivity (Wildman–Crippen MR) is 72.1 cm³/mol. The normalized spacial score (nSPS) is 19.8. The van der Waals surface area contributed by atoms with Gasteiger partial charge in [0.1, 0.15) is 5.82 Å². The Kier molecular flexibility index (Phi) is 3.02. The molecular weight excluding hydrogens is 218 g/mol. The third kappa shape index (κ3) is 2.43. The SMILES string of the molecule is Cc1cnc(N2CCSC(C)(C)C2)cc1N. The predicted octanol–water partition coefficient (Wildman–Crippen LogP) is 2.30. The number of nitrogens with two attached hydrogens (primary N) is 1. The molecule has 0 amide bonds. The van der Waals surface area contributed by atoms with Crippen LogP contribution in [0, 0.1) is 6.92 Å². The van der Waals surface area contributed by atoms with E-state index in [1.807, 2.05) is 30.9 Å². The molecule has 0 aliphatic carbocycles. The summed E-state index contributed by atoms with van der Waals surface area (Å²) in [7, 11) is 0. The summed E-state index contributed by atoms with van der Waals surface area (Å²) >= 11 is 2.03. The molecule has 0 radical (unpaired) electrons. The Morgan fingerprint density at radius 1 is 1.50 bits per heavy atom. The Morgan fingerprint density at radius 3 is 2.88 bits per heavy atom. The molecule has 3 nitrogen and oxygen atoms in total. The number of aromatic nitrogens is 1. The fraction of sp³-hybridized carbons (Fsp3) is 0.583. The van der Waals surface area contributed by atoms with Gasteiger partial charge in [0.25, 0.3) is 0 Å². The first-order valence-electron chi connectivity index (χ1n) is 5.59. The molecule has 0 atom stereocenters. The quantitative estimate of drug-likeness (QED) is 0.814. The number of rotatable bonds is 1. The smallest absolute Gasteiger partial charge is 0.130 e. The van der Waals surface area contributed by atoms with Gasteiger partial charge in [-0.05, 0) is 26.3 Å². The van der Waals surface area contributed by atoms with E-state index in [0.717, 1.165) is 35.9 Å². The molecule has 1 saturated heterocycles. The van der Waals surface area contributed by atoms with E-state index in [1.54, 1.807) is 0 Å². The highest BCUT2D eigenvalue weighted by Crippen LogP contribution is 2.32. The largest absolute Gasteiger partial charge is 0.398 e. The molecule has 16 heavy (non-hydrogen) atoms. The third-order valence-electron chi connectivity index (χ3n) is 2.88. The van der Waals surface area contributed by atoms with Crippen molar-refractivity contribution in [3.05, 3.63) is 17.8 Å². The van der Waals surface area contributed by atoms with Gasteiger partial charge < -0.3 is 10.6 Å². The fourth-order valence-corrected chi connectivity index (χ4v) is 3.02.